The first kappa shape index (κ1) is 16.4. The van der Waals surface area contributed by atoms with Crippen molar-refractivity contribution >= 4 is 5.97 Å². The van der Waals surface area contributed by atoms with Gasteiger partial charge in [0.1, 0.15) is 12.7 Å². The van der Waals surface area contributed by atoms with Crippen LogP contribution in [0.25, 0.3) is 0 Å². The summed E-state index contributed by atoms with van der Waals surface area (Å²) in [6.45, 7) is 6.88. The van der Waals surface area contributed by atoms with E-state index in [-0.39, 0.29) is 12.1 Å². The van der Waals surface area contributed by atoms with E-state index in [9.17, 15) is 4.79 Å². The quantitative estimate of drug-likeness (QED) is 0.304. The van der Waals surface area contributed by atoms with Crippen molar-refractivity contribution < 1.29 is 23.7 Å². The Bertz CT molecular complexity index is 534. The number of carbonyl (C=O) groups excluding carboxylic acids is 1. The molecule has 0 aromatic heterocycles. The van der Waals surface area contributed by atoms with E-state index in [0.717, 1.165) is 30.8 Å². The average molecular weight is 306 g/mol. The number of aryl methyl sites for hydroxylation is 1. The van der Waals surface area contributed by atoms with Gasteiger partial charge in [0, 0.05) is 5.57 Å². The van der Waals surface area contributed by atoms with E-state index in [0.29, 0.717) is 24.5 Å². The highest BCUT2D eigenvalue weighted by Gasteiger charge is 2.23. The van der Waals surface area contributed by atoms with E-state index in [1.165, 1.54) is 0 Å². The van der Waals surface area contributed by atoms with E-state index in [1.807, 2.05) is 18.2 Å². The summed E-state index contributed by atoms with van der Waals surface area (Å²) in [6.07, 6.45) is 1.76. The molecular weight excluding hydrogens is 284 g/mol. The molecule has 120 valence electrons. The lowest BCUT2D eigenvalue weighted by Gasteiger charge is -2.11. The van der Waals surface area contributed by atoms with Gasteiger partial charge >= 0.3 is 5.97 Å². The molecule has 1 saturated heterocycles. The molecule has 5 nitrogen and oxygen atoms in total. The van der Waals surface area contributed by atoms with Crippen LogP contribution in [-0.2, 0) is 20.7 Å². The van der Waals surface area contributed by atoms with Gasteiger partial charge in [-0.25, -0.2) is 4.79 Å². The van der Waals surface area contributed by atoms with Crippen molar-refractivity contribution in [2.45, 2.75) is 25.9 Å². The van der Waals surface area contributed by atoms with Gasteiger partial charge in [-0.15, -0.1) is 0 Å². The fraction of sp³-hybridized carbons (Fsp3) is 0.471. The maximum atomic E-state index is 11.3. The zero-order valence-electron chi connectivity index (χ0n) is 13.1. The van der Waals surface area contributed by atoms with Crippen LogP contribution in [0.4, 0.5) is 0 Å². The zero-order chi connectivity index (χ0) is 15.9. The molecule has 22 heavy (non-hydrogen) atoms. The lowest BCUT2D eigenvalue weighted by molar-refractivity contribution is -0.139. The van der Waals surface area contributed by atoms with Crippen LogP contribution in [0, 0.1) is 0 Å². The Labute approximate surface area is 130 Å². The molecule has 0 N–H and O–H groups in total. The zero-order valence-corrected chi connectivity index (χ0v) is 13.1. The van der Waals surface area contributed by atoms with Crippen molar-refractivity contribution in [1.29, 1.82) is 0 Å². The second kappa shape index (κ2) is 7.84. The number of esters is 1. The van der Waals surface area contributed by atoms with Crippen LogP contribution in [0.5, 0.6) is 11.5 Å². The highest BCUT2D eigenvalue weighted by molar-refractivity contribution is 5.86. The van der Waals surface area contributed by atoms with Gasteiger partial charge in [-0.2, -0.15) is 0 Å². The topological polar surface area (TPSA) is 57.3 Å². The summed E-state index contributed by atoms with van der Waals surface area (Å²) in [6, 6.07) is 5.84. The number of carbonyl (C=O) groups is 1. The molecule has 0 spiro atoms. The molecule has 5 heteroatoms. The smallest absolute Gasteiger partial charge is 0.333 e. The molecule has 1 aromatic carbocycles. The predicted molar refractivity (Wildman–Crippen MR) is 82.3 cm³/mol. The van der Waals surface area contributed by atoms with Gasteiger partial charge in [-0.05, 0) is 37.5 Å². The normalized spacial score (nSPS) is 16.0. The Kier molecular flexibility index (Phi) is 5.83. The molecule has 1 atom stereocenters. The molecular formula is C17H22O5. The molecule has 0 amide bonds. The van der Waals surface area contributed by atoms with Crippen molar-refractivity contribution in [1.82, 2.24) is 0 Å². The van der Waals surface area contributed by atoms with Crippen LogP contribution in [-0.4, -0.2) is 39.0 Å². The van der Waals surface area contributed by atoms with Crippen LogP contribution in [0.1, 0.15) is 18.9 Å². The maximum Gasteiger partial charge on any atom is 0.333 e. The molecule has 2 rings (SSSR count). The summed E-state index contributed by atoms with van der Waals surface area (Å²) in [5.41, 5.74) is 1.53. The molecule has 0 radical (unpaired) electrons. The molecule has 0 bridgehead atoms. The standard InChI is InChI=1S/C17H22O5/c1-12(2)17(18)20-8-4-5-13-6-7-15(16(9-13)19-3)22-11-14-10-21-14/h6-7,9,14H,1,4-5,8,10-11H2,2-3H3. The Morgan fingerprint density at radius 2 is 2.18 bits per heavy atom. The van der Waals surface area contributed by atoms with E-state index in [1.54, 1.807) is 14.0 Å². The number of hydrogen-bond donors (Lipinski definition) is 0. The number of epoxide rings is 1. The number of methoxy groups -OCH3 is 1. The van der Waals surface area contributed by atoms with Gasteiger partial charge in [0.2, 0.25) is 0 Å². The number of hydrogen-bond acceptors (Lipinski definition) is 5. The lowest BCUT2D eigenvalue weighted by Crippen LogP contribution is -2.07. The first-order chi connectivity index (χ1) is 10.6. The van der Waals surface area contributed by atoms with Gasteiger partial charge in [0.25, 0.3) is 0 Å². The van der Waals surface area contributed by atoms with Crippen LogP contribution in [0.2, 0.25) is 0 Å². The highest BCUT2D eigenvalue weighted by Crippen LogP contribution is 2.29. The minimum atomic E-state index is -0.344. The first-order valence-corrected chi connectivity index (χ1v) is 7.34. The van der Waals surface area contributed by atoms with E-state index >= 15 is 0 Å². The van der Waals surface area contributed by atoms with Crippen LogP contribution < -0.4 is 9.47 Å². The third kappa shape index (κ3) is 5.07. The monoisotopic (exact) mass is 306 g/mol. The minimum absolute atomic E-state index is 0.215. The Morgan fingerprint density at radius 1 is 1.41 bits per heavy atom. The van der Waals surface area contributed by atoms with Crippen LogP contribution in [0.3, 0.4) is 0 Å². The summed E-state index contributed by atoms with van der Waals surface area (Å²) in [5, 5.41) is 0. The predicted octanol–water partition coefficient (Wildman–Crippen LogP) is 2.52. The second-order valence-electron chi connectivity index (χ2n) is 5.27. The van der Waals surface area contributed by atoms with Crippen molar-refractivity contribution in [2.75, 3.05) is 26.9 Å². The van der Waals surface area contributed by atoms with E-state index in [2.05, 4.69) is 6.58 Å². The molecule has 1 fully saturated rings. The minimum Gasteiger partial charge on any atom is -0.493 e. The number of benzene rings is 1. The fourth-order valence-electron chi connectivity index (χ4n) is 1.90. The van der Waals surface area contributed by atoms with Gasteiger partial charge in [0.05, 0.1) is 20.3 Å². The molecule has 1 unspecified atom stereocenters. The summed E-state index contributed by atoms with van der Waals surface area (Å²) in [5.74, 6) is 1.08. The van der Waals surface area contributed by atoms with Gasteiger partial charge < -0.3 is 18.9 Å². The van der Waals surface area contributed by atoms with Crippen molar-refractivity contribution in [3.05, 3.63) is 35.9 Å². The highest BCUT2D eigenvalue weighted by atomic mass is 16.6. The molecule has 0 saturated carbocycles. The summed E-state index contributed by atoms with van der Waals surface area (Å²) in [4.78, 5) is 11.3. The van der Waals surface area contributed by atoms with E-state index < -0.39 is 0 Å². The summed E-state index contributed by atoms with van der Waals surface area (Å²) in [7, 11) is 1.62. The third-order valence-corrected chi connectivity index (χ3v) is 3.25. The first-order valence-electron chi connectivity index (χ1n) is 7.34. The number of ether oxygens (including phenoxy) is 4. The largest absolute Gasteiger partial charge is 0.493 e. The van der Waals surface area contributed by atoms with Crippen molar-refractivity contribution in [3.8, 4) is 11.5 Å². The SMILES string of the molecule is C=C(C)C(=O)OCCCc1ccc(OCC2CO2)c(OC)c1. The lowest BCUT2D eigenvalue weighted by atomic mass is 10.1. The van der Waals surface area contributed by atoms with Gasteiger partial charge in [-0.3, -0.25) is 0 Å². The van der Waals surface area contributed by atoms with Crippen molar-refractivity contribution in [3.63, 3.8) is 0 Å². The molecule has 0 aliphatic carbocycles. The Balaban J connectivity index is 1.80. The fourth-order valence-corrected chi connectivity index (χ4v) is 1.90. The van der Waals surface area contributed by atoms with Gasteiger partial charge in [0.15, 0.2) is 11.5 Å². The molecule has 1 heterocycles. The second-order valence-corrected chi connectivity index (χ2v) is 5.27. The Morgan fingerprint density at radius 3 is 2.82 bits per heavy atom. The maximum absolute atomic E-state index is 11.3. The van der Waals surface area contributed by atoms with Gasteiger partial charge in [-0.1, -0.05) is 12.6 Å². The van der Waals surface area contributed by atoms with Crippen LogP contribution >= 0.6 is 0 Å². The number of rotatable bonds is 9. The summed E-state index contributed by atoms with van der Waals surface area (Å²) < 4.78 is 21.2. The van der Waals surface area contributed by atoms with Crippen molar-refractivity contribution in [2.24, 2.45) is 0 Å². The van der Waals surface area contributed by atoms with Crippen LogP contribution in [0.15, 0.2) is 30.4 Å². The average Bonchev–Trinajstić information content (AvgIpc) is 3.33. The molecule has 1 aromatic rings. The Hall–Kier alpha value is -2.01. The van der Waals surface area contributed by atoms with E-state index in [4.69, 9.17) is 18.9 Å². The summed E-state index contributed by atoms with van der Waals surface area (Å²) >= 11 is 0. The third-order valence-electron chi connectivity index (χ3n) is 3.25. The molecule has 1 aliphatic heterocycles. The molecule has 1 aliphatic rings.